The SMILES string of the molecule is Cc1c(C=Nc2ccc(SC#N)c([N+](=O)[O-])c2)c(O)n(C)c(=O)c1C#N. The van der Waals surface area contributed by atoms with Crippen LogP contribution in [0.15, 0.2) is 32.9 Å². The van der Waals surface area contributed by atoms with Crippen molar-refractivity contribution in [2.24, 2.45) is 12.0 Å². The topological polar surface area (TPSA) is 145 Å². The van der Waals surface area contributed by atoms with Gasteiger partial charge in [-0.3, -0.25) is 24.5 Å². The zero-order chi connectivity index (χ0) is 19.4. The van der Waals surface area contributed by atoms with Crippen LogP contribution in [0.4, 0.5) is 11.4 Å². The second-order valence-electron chi connectivity index (χ2n) is 5.07. The smallest absolute Gasteiger partial charge is 0.286 e. The predicted molar refractivity (Wildman–Crippen MR) is 94.6 cm³/mol. The van der Waals surface area contributed by atoms with Gasteiger partial charge in [0.1, 0.15) is 21.9 Å². The summed E-state index contributed by atoms with van der Waals surface area (Å²) in [6, 6.07) is 5.85. The summed E-state index contributed by atoms with van der Waals surface area (Å²) in [6.07, 6.45) is 1.22. The zero-order valence-corrected chi connectivity index (χ0v) is 14.4. The molecule has 0 atom stereocenters. The van der Waals surface area contributed by atoms with Crippen molar-refractivity contribution in [2.75, 3.05) is 0 Å². The molecule has 0 saturated heterocycles. The maximum atomic E-state index is 11.9. The van der Waals surface area contributed by atoms with E-state index in [0.29, 0.717) is 11.8 Å². The Morgan fingerprint density at radius 3 is 2.69 bits per heavy atom. The first-order valence-electron chi connectivity index (χ1n) is 7.02. The standard InChI is InChI=1S/C16H11N5O4S/c1-9-11(6-17)15(22)20(2)16(23)12(9)7-19-10-3-4-14(26-8-18)13(5-10)21(24)25/h3-5,7,23H,1-2H3. The average molecular weight is 369 g/mol. The van der Waals surface area contributed by atoms with Crippen LogP contribution >= 0.6 is 11.8 Å². The highest BCUT2D eigenvalue weighted by Gasteiger charge is 2.17. The molecule has 0 spiro atoms. The van der Waals surface area contributed by atoms with E-state index >= 15 is 0 Å². The molecule has 1 N–H and O–H groups in total. The number of aromatic hydroxyl groups is 1. The van der Waals surface area contributed by atoms with Crippen LogP contribution in [-0.2, 0) is 7.05 Å². The molecule has 0 aliphatic heterocycles. The van der Waals surface area contributed by atoms with Crippen LogP contribution in [-0.4, -0.2) is 20.8 Å². The first kappa shape index (κ1) is 18.7. The van der Waals surface area contributed by atoms with Gasteiger partial charge in [-0.05, 0) is 36.4 Å². The van der Waals surface area contributed by atoms with Crippen molar-refractivity contribution < 1.29 is 10.0 Å². The summed E-state index contributed by atoms with van der Waals surface area (Å²) in [5, 5.41) is 40.8. The largest absolute Gasteiger partial charge is 0.494 e. The lowest BCUT2D eigenvalue weighted by Crippen LogP contribution is -2.22. The van der Waals surface area contributed by atoms with Crippen LogP contribution in [0.2, 0.25) is 0 Å². The Bertz CT molecular complexity index is 1080. The van der Waals surface area contributed by atoms with Crippen molar-refractivity contribution in [2.45, 2.75) is 11.8 Å². The summed E-state index contributed by atoms with van der Waals surface area (Å²) in [6.45, 7) is 1.50. The number of rotatable bonds is 4. The van der Waals surface area contributed by atoms with Gasteiger partial charge in [-0.2, -0.15) is 10.5 Å². The molecular formula is C16H11N5O4S. The minimum Gasteiger partial charge on any atom is -0.494 e. The fourth-order valence-corrected chi connectivity index (χ4v) is 2.67. The summed E-state index contributed by atoms with van der Waals surface area (Å²) in [5.74, 6) is -0.374. The number of nitro groups is 1. The van der Waals surface area contributed by atoms with Gasteiger partial charge in [0.2, 0.25) is 5.88 Å². The fraction of sp³-hybridized carbons (Fsp3) is 0.125. The number of aliphatic imine (C=N–C) groups is 1. The Balaban J connectivity index is 2.56. The number of aromatic nitrogens is 1. The number of nitrogens with zero attached hydrogens (tertiary/aromatic N) is 5. The van der Waals surface area contributed by atoms with Crippen molar-refractivity contribution in [3.63, 3.8) is 0 Å². The van der Waals surface area contributed by atoms with Gasteiger partial charge in [-0.1, -0.05) is 0 Å². The van der Waals surface area contributed by atoms with Crippen LogP contribution in [0, 0.1) is 39.0 Å². The highest BCUT2D eigenvalue weighted by atomic mass is 32.2. The van der Waals surface area contributed by atoms with E-state index < -0.39 is 10.5 Å². The van der Waals surface area contributed by atoms with E-state index in [4.69, 9.17) is 10.5 Å². The number of hydrogen-bond acceptors (Lipinski definition) is 8. The third-order valence-electron chi connectivity index (χ3n) is 3.61. The molecule has 1 heterocycles. The molecule has 9 nitrogen and oxygen atoms in total. The second-order valence-corrected chi connectivity index (χ2v) is 5.90. The molecule has 130 valence electrons. The van der Waals surface area contributed by atoms with Crippen molar-refractivity contribution in [3.8, 4) is 17.4 Å². The number of thioether (sulfide) groups is 1. The Morgan fingerprint density at radius 2 is 2.12 bits per heavy atom. The summed E-state index contributed by atoms with van der Waals surface area (Å²) in [5.41, 5.74) is -0.410. The van der Waals surface area contributed by atoms with Crippen LogP contribution in [0.25, 0.3) is 0 Å². The molecule has 0 saturated carbocycles. The van der Waals surface area contributed by atoms with Gasteiger partial charge in [0.25, 0.3) is 11.2 Å². The minimum atomic E-state index is -0.631. The molecule has 2 aromatic rings. The predicted octanol–water partition coefficient (Wildman–Crippen LogP) is 2.50. The van der Waals surface area contributed by atoms with Crippen LogP contribution in [0.1, 0.15) is 16.7 Å². The molecule has 2 rings (SSSR count). The number of thiocyanates is 1. The molecule has 0 fully saturated rings. The summed E-state index contributed by atoms with van der Waals surface area (Å²) >= 11 is 0.665. The highest BCUT2D eigenvalue weighted by Crippen LogP contribution is 2.32. The maximum Gasteiger partial charge on any atom is 0.286 e. The first-order chi connectivity index (χ1) is 12.3. The lowest BCUT2D eigenvalue weighted by atomic mass is 10.1. The van der Waals surface area contributed by atoms with Crippen molar-refractivity contribution in [1.82, 2.24) is 4.57 Å². The Kier molecular flexibility index (Phi) is 5.40. The van der Waals surface area contributed by atoms with Crippen LogP contribution < -0.4 is 5.56 Å². The van der Waals surface area contributed by atoms with E-state index in [1.54, 1.807) is 11.5 Å². The highest BCUT2D eigenvalue weighted by molar-refractivity contribution is 8.03. The van der Waals surface area contributed by atoms with Crippen molar-refractivity contribution >= 4 is 29.4 Å². The Morgan fingerprint density at radius 1 is 1.42 bits per heavy atom. The molecule has 1 aromatic carbocycles. The normalized spacial score (nSPS) is 10.5. The maximum absolute atomic E-state index is 11.9. The van der Waals surface area contributed by atoms with Gasteiger partial charge >= 0.3 is 0 Å². The molecule has 10 heteroatoms. The lowest BCUT2D eigenvalue weighted by molar-refractivity contribution is -0.387. The molecule has 0 radical (unpaired) electrons. The minimum absolute atomic E-state index is 0.126. The van der Waals surface area contributed by atoms with Gasteiger partial charge in [0, 0.05) is 19.3 Å². The molecule has 26 heavy (non-hydrogen) atoms. The number of hydrogen-bond donors (Lipinski definition) is 1. The number of pyridine rings is 1. The number of nitriles is 2. The Hall–Kier alpha value is -3.63. The third-order valence-corrected chi connectivity index (χ3v) is 4.26. The van der Waals surface area contributed by atoms with Gasteiger partial charge in [-0.25, -0.2) is 0 Å². The summed E-state index contributed by atoms with van der Waals surface area (Å²) in [4.78, 5) is 26.7. The molecule has 0 bridgehead atoms. The van der Waals surface area contributed by atoms with Gasteiger partial charge < -0.3 is 5.11 Å². The molecule has 0 aliphatic rings. The zero-order valence-electron chi connectivity index (χ0n) is 13.6. The molecule has 0 aliphatic carbocycles. The van der Waals surface area contributed by atoms with E-state index in [0.717, 1.165) is 4.57 Å². The number of benzene rings is 1. The van der Waals surface area contributed by atoms with Crippen molar-refractivity contribution in [3.05, 3.63) is 55.4 Å². The first-order valence-corrected chi connectivity index (χ1v) is 7.84. The summed E-state index contributed by atoms with van der Waals surface area (Å²) < 4.78 is 0.919. The van der Waals surface area contributed by atoms with E-state index in [9.17, 15) is 20.0 Å². The molecule has 0 unspecified atom stereocenters. The molecule has 0 amide bonds. The van der Waals surface area contributed by atoms with E-state index in [-0.39, 0.29) is 38.8 Å². The summed E-state index contributed by atoms with van der Waals surface area (Å²) in [7, 11) is 1.31. The van der Waals surface area contributed by atoms with Crippen LogP contribution in [0.3, 0.4) is 0 Å². The third kappa shape index (κ3) is 3.41. The van der Waals surface area contributed by atoms with E-state index in [1.165, 1.54) is 38.4 Å². The Labute approximate surface area is 151 Å². The average Bonchev–Trinajstić information content (AvgIpc) is 2.61. The monoisotopic (exact) mass is 369 g/mol. The van der Waals surface area contributed by atoms with Gasteiger partial charge in [0.15, 0.2) is 0 Å². The second kappa shape index (κ2) is 7.51. The number of nitro benzene ring substituents is 1. The van der Waals surface area contributed by atoms with Crippen LogP contribution in [0.5, 0.6) is 5.88 Å². The quantitative estimate of drug-likeness (QED) is 0.286. The fourth-order valence-electron chi connectivity index (χ4n) is 2.20. The molecule has 1 aromatic heterocycles. The van der Waals surface area contributed by atoms with Gasteiger partial charge in [0.05, 0.1) is 16.2 Å². The van der Waals surface area contributed by atoms with Gasteiger partial charge in [-0.15, -0.1) is 0 Å². The van der Waals surface area contributed by atoms with E-state index in [2.05, 4.69) is 4.99 Å². The lowest BCUT2D eigenvalue weighted by Gasteiger charge is -2.09. The van der Waals surface area contributed by atoms with Crippen molar-refractivity contribution in [1.29, 1.82) is 10.5 Å². The molecular weight excluding hydrogens is 358 g/mol. The van der Waals surface area contributed by atoms with E-state index in [1.807, 2.05) is 0 Å².